The van der Waals surface area contributed by atoms with Gasteiger partial charge in [0.2, 0.25) is 0 Å². The average molecular weight is 479 g/mol. The lowest BCUT2D eigenvalue weighted by molar-refractivity contribution is -0.139. The number of ether oxygens (including phenoxy) is 1. The van der Waals surface area contributed by atoms with Gasteiger partial charge in [0.05, 0.1) is 0 Å². The molecule has 4 rings (SSSR count). The van der Waals surface area contributed by atoms with Crippen molar-refractivity contribution in [2.24, 2.45) is 5.92 Å². The Balaban J connectivity index is 1.46. The van der Waals surface area contributed by atoms with E-state index in [1.165, 1.54) is 0 Å². The fraction of sp³-hybridized carbons (Fsp3) is 0.192. The van der Waals surface area contributed by atoms with E-state index in [1.807, 2.05) is 54.6 Å². The summed E-state index contributed by atoms with van der Waals surface area (Å²) in [6, 6.07) is 22.8. The lowest BCUT2D eigenvalue weighted by Gasteiger charge is -2.34. The highest BCUT2D eigenvalue weighted by Crippen LogP contribution is 2.28. The number of hydrogen-bond acceptors (Lipinski definition) is 5. The molecule has 34 heavy (non-hydrogen) atoms. The average Bonchev–Trinajstić information content (AvgIpc) is 3.24. The third-order valence-electron chi connectivity index (χ3n) is 5.46. The van der Waals surface area contributed by atoms with Gasteiger partial charge in [-0.2, -0.15) is 0 Å². The highest BCUT2D eigenvalue weighted by atomic mass is 32.2. The van der Waals surface area contributed by atoms with Crippen molar-refractivity contribution >= 4 is 33.9 Å². The predicted molar refractivity (Wildman–Crippen MR) is 130 cm³/mol. The molecule has 0 saturated heterocycles. The quantitative estimate of drug-likeness (QED) is 0.324. The number of anilines is 1. The number of carboxylic acid groups (broad SMARTS) is 1. The van der Waals surface area contributed by atoms with Gasteiger partial charge in [-0.3, -0.25) is 8.51 Å². The number of aliphatic carboxylic acids is 1. The second kappa shape index (κ2) is 10.1. The molecule has 0 saturated carbocycles. The molecule has 8 heteroatoms. The molecule has 1 heterocycles. The number of carboxylic acids is 1. The first-order valence-corrected chi connectivity index (χ1v) is 11.8. The molecule has 1 aromatic heterocycles. The fourth-order valence-electron chi connectivity index (χ4n) is 3.80. The molecule has 3 aromatic carbocycles. The lowest BCUT2D eigenvalue weighted by atomic mass is 10.0. The van der Waals surface area contributed by atoms with Crippen molar-refractivity contribution in [2.45, 2.75) is 26.5 Å². The van der Waals surface area contributed by atoms with Crippen molar-refractivity contribution < 1.29 is 27.8 Å². The third kappa shape index (κ3) is 5.13. The van der Waals surface area contributed by atoms with Crippen LogP contribution in [0.4, 0.5) is 5.69 Å². The standard InChI is InChI=1S/C26H25NO6S/c1-17(2)25(26(28)29)27(34(30)31)21-11-7-18(8-12-21)19-9-13-22(14-10-19)32-16-23-15-20-5-3-4-6-24(20)33-23/h3-15,17,25H,16H2,1-2H3,(H,28,29)(H,30,31)/p-1. The van der Waals surface area contributed by atoms with E-state index in [-0.39, 0.29) is 0 Å². The summed E-state index contributed by atoms with van der Waals surface area (Å²) < 4.78 is 36.1. The van der Waals surface area contributed by atoms with E-state index < -0.39 is 29.2 Å². The molecular weight excluding hydrogens is 454 g/mol. The van der Waals surface area contributed by atoms with E-state index in [0.29, 0.717) is 18.0 Å². The fourth-order valence-corrected chi connectivity index (χ4v) is 4.62. The first kappa shape index (κ1) is 23.5. The normalized spacial score (nSPS) is 13.1. The molecular formula is C26H24NO6S-. The number of para-hydroxylation sites is 1. The summed E-state index contributed by atoms with van der Waals surface area (Å²) >= 11 is -2.73. The van der Waals surface area contributed by atoms with Gasteiger partial charge in [0.15, 0.2) is 0 Å². The van der Waals surface area contributed by atoms with E-state index in [2.05, 4.69) is 0 Å². The molecule has 0 spiro atoms. The predicted octanol–water partition coefficient (Wildman–Crippen LogP) is 5.39. The van der Waals surface area contributed by atoms with Crippen LogP contribution in [0.1, 0.15) is 19.6 Å². The van der Waals surface area contributed by atoms with E-state index in [4.69, 9.17) is 9.15 Å². The van der Waals surface area contributed by atoms with Crippen LogP contribution in [0.2, 0.25) is 0 Å². The minimum atomic E-state index is -2.73. The molecule has 0 amide bonds. The van der Waals surface area contributed by atoms with Gasteiger partial charge in [0, 0.05) is 22.3 Å². The Morgan fingerprint density at radius 3 is 2.21 bits per heavy atom. The lowest BCUT2D eigenvalue weighted by Crippen LogP contribution is -2.45. The summed E-state index contributed by atoms with van der Waals surface area (Å²) in [6.45, 7) is 3.65. The maximum absolute atomic E-state index is 11.8. The zero-order valence-corrected chi connectivity index (χ0v) is 19.5. The molecule has 176 valence electrons. The second-order valence-corrected chi connectivity index (χ2v) is 9.01. The smallest absolute Gasteiger partial charge is 0.327 e. The van der Waals surface area contributed by atoms with Gasteiger partial charge in [0.25, 0.3) is 0 Å². The van der Waals surface area contributed by atoms with Gasteiger partial charge < -0.3 is 18.8 Å². The summed E-state index contributed by atoms with van der Waals surface area (Å²) in [7, 11) is 0. The van der Waals surface area contributed by atoms with E-state index >= 15 is 0 Å². The number of hydrogen-bond donors (Lipinski definition) is 1. The molecule has 2 atom stereocenters. The monoisotopic (exact) mass is 478 g/mol. The SMILES string of the molecule is CC(C)C(C(=O)O)N(c1ccc(-c2ccc(OCc3cc4ccccc4o3)cc2)cc1)S(=O)[O-]. The van der Waals surface area contributed by atoms with Crippen LogP contribution in [0.15, 0.2) is 83.3 Å². The Bertz CT molecular complexity index is 1260. The highest BCUT2D eigenvalue weighted by molar-refractivity contribution is 7.80. The molecule has 4 aromatic rings. The molecule has 0 bridgehead atoms. The Morgan fingerprint density at radius 1 is 1.03 bits per heavy atom. The molecule has 2 unspecified atom stereocenters. The van der Waals surface area contributed by atoms with Gasteiger partial charge in [-0.1, -0.05) is 56.3 Å². The zero-order chi connectivity index (χ0) is 24.2. The molecule has 0 fully saturated rings. The van der Waals surface area contributed by atoms with Crippen LogP contribution in [-0.4, -0.2) is 25.9 Å². The molecule has 0 radical (unpaired) electrons. The van der Waals surface area contributed by atoms with Crippen molar-refractivity contribution in [1.29, 1.82) is 0 Å². The van der Waals surface area contributed by atoms with Crippen LogP contribution >= 0.6 is 0 Å². The van der Waals surface area contributed by atoms with Crippen LogP contribution in [0.5, 0.6) is 5.75 Å². The molecule has 0 aliphatic rings. The summed E-state index contributed by atoms with van der Waals surface area (Å²) in [4.78, 5) is 11.6. The number of furan rings is 1. The topological polar surface area (TPSA) is 103 Å². The summed E-state index contributed by atoms with van der Waals surface area (Å²) in [6.07, 6.45) is 0. The Hall–Kier alpha value is -3.62. The minimum absolute atomic E-state index is 0.295. The minimum Gasteiger partial charge on any atom is -0.755 e. The van der Waals surface area contributed by atoms with Crippen molar-refractivity contribution in [3.05, 3.63) is 84.6 Å². The van der Waals surface area contributed by atoms with Gasteiger partial charge in [-0.25, -0.2) is 4.79 Å². The number of carbonyl (C=O) groups is 1. The number of benzene rings is 3. The van der Waals surface area contributed by atoms with Crippen LogP contribution in [0.25, 0.3) is 22.1 Å². The zero-order valence-electron chi connectivity index (χ0n) is 18.7. The molecule has 1 N–H and O–H groups in total. The van der Waals surface area contributed by atoms with Crippen LogP contribution in [-0.2, 0) is 22.7 Å². The summed E-state index contributed by atoms with van der Waals surface area (Å²) in [5.41, 5.74) is 2.89. The van der Waals surface area contributed by atoms with Crippen LogP contribution < -0.4 is 9.04 Å². The number of rotatable bonds is 9. The van der Waals surface area contributed by atoms with Crippen LogP contribution in [0.3, 0.4) is 0 Å². The van der Waals surface area contributed by atoms with Gasteiger partial charge >= 0.3 is 5.97 Å². The second-order valence-electron chi connectivity index (χ2n) is 8.18. The molecule has 7 nitrogen and oxygen atoms in total. The Labute approximate surface area is 200 Å². The van der Waals surface area contributed by atoms with Crippen molar-refractivity contribution in [2.75, 3.05) is 4.31 Å². The maximum Gasteiger partial charge on any atom is 0.327 e. The van der Waals surface area contributed by atoms with Crippen molar-refractivity contribution in [3.63, 3.8) is 0 Å². The third-order valence-corrected chi connectivity index (χ3v) is 6.22. The largest absolute Gasteiger partial charge is 0.755 e. The van der Waals surface area contributed by atoms with Gasteiger partial charge in [0.1, 0.15) is 29.7 Å². The molecule has 0 aliphatic heterocycles. The van der Waals surface area contributed by atoms with Gasteiger partial charge in [-0.05, 0) is 53.4 Å². The van der Waals surface area contributed by atoms with Crippen LogP contribution in [0, 0.1) is 5.92 Å². The summed E-state index contributed by atoms with van der Waals surface area (Å²) in [5.74, 6) is -0.166. The van der Waals surface area contributed by atoms with Crippen molar-refractivity contribution in [3.8, 4) is 16.9 Å². The first-order chi connectivity index (χ1) is 16.3. The first-order valence-electron chi connectivity index (χ1n) is 10.8. The van der Waals surface area contributed by atoms with E-state index in [9.17, 15) is 18.7 Å². The van der Waals surface area contributed by atoms with E-state index in [1.54, 1.807) is 38.1 Å². The molecule has 0 aliphatic carbocycles. The number of nitrogens with zero attached hydrogens (tertiary/aromatic N) is 1. The maximum atomic E-state index is 11.8. The van der Waals surface area contributed by atoms with Gasteiger partial charge in [-0.15, -0.1) is 0 Å². The van der Waals surface area contributed by atoms with Crippen molar-refractivity contribution in [1.82, 2.24) is 0 Å². The summed E-state index contributed by atoms with van der Waals surface area (Å²) in [5, 5.41) is 10.5. The highest BCUT2D eigenvalue weighted by Gasteiger charge is 2.30. The number of fused-ring (bicyclic) bond motifs is 1. The van der Waals surface area contributed by atoms with E-state index in [0.717, 1.165) is 32.2 Å². The Morgan fingerprint density at radius 2 is 1.65 bits per heavy atom. The Kier molecular flexibility index (Phi) is 7.00.